The smallest absolute Gasteiger partial charge is 0.195 e. The first-order valence-corrected chi connectivity index (χ1v) is 10.2. The summed E-state index contributed by atoms with van der Waals surface area (Å²) < 4.78 is 16.4. The molecule has 0 radical (unpaired) electrons. The summed E-state index contributed by atoms with van der Waals surface area (Å²) >= 11 is 0. The lowest BCUT2D eigenvalue weighted by molar-refractivity contribution is 0.134. The minimum Gasteiger partial charge on any atom is -0.493 e. The van der Waals surface area contributed by atoms with E-state index in [1.54, 1.807) is 14.2 Å². The van der Waals surface area contributed by atoms with Crippen LogP contribution in [0.2, 0.25) is 0 Å². The van der Waals surface area contributed by atoms with Crippen molar-refractivity contribution in [1.82, 2.24) is 5.32 Å². The van der Waals surface area contributed by atoms with Crippen molar-refractivity contribution in [2.45, 2.75) is 26.2 Å². The number of ether oxygens (including phenoxy) is 3. The number of unbranched alkanes of at least 4 members (excludes halogenated alkanes) is 1. The van der Waals surface area contributed by atoms with Crippen molar-refractivity contribution < 1.29 is 14.2 Å². The quantitative estimate of drug-likeness (QED) is 0.319. The third-order valence-corrected chi connectivity index (χ3v) is 4.34. The van der Waals surface area contributed by atoms with Gasteiger partial charge in [-0.25, -0.2) is 0 Å². The van der Waals surface area contributed by atoms with Crippen LogP contribution in [0.4, 0.5) is 5.69 Å². The van der Waals surface area contributed by atoms with Gasteiger partial charge in [0.2, 0.25) is 0 Å². The number of methoxy groups -OCH3 is 2. The van der Waals surface area contributed by atoms with E-state index in [9.17, 15) is 0 Å². The van der Waals surface area contributed by atoms with E-state index >= 15 is 0 Å². The first-order chi connectivity index (χ1) is 14.3. The first-order valence-electron chi connectivity index (χ1n) is 10.2. The number of rotatable bonds is 12. The Hall–Kier alpha value is -2.73. The van der Waals surface area contributed by atoms with E-state index in [0.717, 1.165) is 57.2 Å². The molecule has 29 heavy (non-hydrogen) atoms. The highest BCUT2D eigenvalue weighted by molar-refractivity contribution is 5.93. The van der Waals surface area contributed by atoms with Crippen LogP contribution >= 0.6 is 0 Å². The van der Waals surface area contributed by atoms with Crippen LogP contribution in [0.25, 0.3) is 0 Å². The number of benzene rings is 2. The van der Waals surface area contributed by atoms with Crippen LogP contribution < -0.4 is 20.1 Å². The fourth-order valence-electron chi connectivity index (χ4n) is 2.80. The molecule has 0 spiro atoms. The van der Waals surface area contributed by atoms with Gasteiger partial charge in [-0.05, 0) is 43.9 Å². The molecule has 2 aromatic rings. The average Bonchev–Trinajstić information content (AvgIpc) is 2.76. The highest BCUT2D eigenvalue weighted by atomic mass is 16.5. The molecule has 0 saturated carbocycles. The highest BCUT2D eigenvalue weighted by Crippen LogP contribution is 2.29. The van der Waals surface area contributed by atoms with Crippen molar-refractivity contribution in [2.75, 3.05) is 45.8 Å². The van der Waals surface area contributed by atoms with Crippen LogP contribution in [0, 0.1) is 0 Å². The van der Waals surface area contributed by atoms with Crippen LogP contribution in [0.15, 0.2) is 53.5 Å². The molecule has 0 unspecified atom stereocenters. The van der Waals surface area contributed by atoms with Crippen molar-refractivity contribution >= 4 is 11.6 Å². The Balaban J connectivity index is 1.70. The maximum Gasteiger partial charge on any atom is 0.195 e. The van der Waals surface area contributed by atoms with Gasteiger partial charge in [-0.1, -0.05) is 30.3 Å². The van der Waals surface area contributed by atoms with Gasteiger partial charge in [0.05, 0.1) is 20.8 Å². The average molecular weight is 400 g/mol. The molecular weight excluding hydrogens is 366 g/mol. The summed E-state index contributed by atoms with van der Waals surface area (Å²) in [6, 6.07) is 16.1. The van der Waals surface area contributed by atoms with Crippen molar-refractivity contribution in [3.8, 4) is 11.5 Å². The van der Waals surface area contributed by atoms with Crippen LogP contribution in [0.5, 0.6) is 11.5 Å². The Morgan fingerprint density at radius 1 is 0.931 bits per heavy atom. The van der Waals surface area contributed by atoms with Gasteiger partial charge in [0, 0.05) is 31.5 Å². The molecule has 6 heteroatoms. The number of aliphatic imine (C=N–C) groups is 1. The second kappa shape index (κ2) is 13.4. The van der Waals surface area contributed by atoms with Crippen molar-refractivity contribution in [3.63, 3.8) is 0 Å². The monoisotopic (exact) mass is 399 g/mol. The summed E-state index contributed by atoms with van der Waals surface area (Å²) in [5.74, 6) is 2.14. The third kappa shape index (κ3) is 8.44. The lowest BCUT2D eigenvalue weighted by Crippen LogP contribution is -2.30. The van der Waals surface area contributed by atoms with Gasteiger partial charge in [0.1, 0.15) is 0 Å². The molecule has 0 heterocycles. The van der Waals surface area contributed by atoms with Gasteiger partial charge in [-0.3, -0.25) is 4.99 Å². The number of anilines is 1. The van der Waals surface area contributed by atoms with Gasteiger partial charge in [-0.15, -0.1) is 0 Å². The number of hydrogen-bond donors (Lipinski definition) is 2. The van der Waals surface area contributed by atoms with Gasteiger partial charge in [0.25, 0.3) is 0 Å². The SMILES string of the molecule is CCNC(=NCCCCOCCc1ccccc1)Nc1ccc(OC)c(OC)c1. The minimum absolute atomic E-state index is 0.681. The van der Waals surface area contributed by atoms with Gasteiger partial charge in [0.15, 0.2) is 17.5 Å². The molecule has 158 valence electrons. The molecule has 0 fully saturated rings. The van der Waals surface area contributed by atoms with Gasteiger partial charge in [-0.2, -0.15) is 0 Å². The molecular formula is C23H33N3O3. The van der Waals surface area contributed by atoms with E-state index in [2.05, 4.69) is 39.9 Å². The molecule has 0 saturated heterocycles. The Labute approximate surface area is 174 Å². The summed E-state index contributed by atoms with van der Waals surface area (Å²) in [4.78, 5) is 4.64. The zero-order chi connectivity index (χ0) is 20.7. The fraction of sp³-hybridized carbons (Fsp3) is 0.435. The molecule has 2 rings (SSSR count). The maximum absolute atomic E-state index is 5.73. The standard InChI is InChI=1S/C23H33N3O3/c1-4-24-23(26-20-12-13-21(27-2)22(18-20)28-3)25-15-8-9-16-29-17-14-19-10-6-5-7-11-19/h5-7,10-13,18H,4,8-9,14-17H2,1-3H3,(H2,24,25,26). The summed E-state index contributed by atoms with van der Waals surface area (Å²) in [6.45, 7) is 5.11. The topological polar surface area (TPSA) is 64.1 Å². The van der Waals surface area contributed by atoms with E-state index in [4.69, 9.17) is 14.2 Å². The predicted octanol–water partition coefficient (Wildman–Crippen LogP) is 4.12. The van der Waals surface area contributed by atoms with Crippen LogP contribution in [-0.4, -0.2) is 46.5 Å². The molecule has 0 aliphatic carbocycles. The second-order valence-electron chi connectivity index (χ2n) is 6.51. The molecule has 0 atom stereocenters. The van der Waals surface area contributed by atoms with Gasteiger partial charge >= 0.3 is 0 Å². The molecule has 0 aliphatic heterocycles. The van der Waals surface area contributed by atoms with E-state index in [1.165, 1.54) is 5.56 Å². The normalized spacial score (nSPS) is 11.2. The lowest BCUT2D eigenvalue weighted by Gasteiger charge is -2.13. The van der Waals surface area contributed by atoms with Crippen LogP contribution in [0.3, 0.4) is 0 Å². The summed E-state index contributed by atoms with van der Waals surface area (Å²) in [6.07, 6.45) is 2.93. The summed E-state index contributed by atoms with van der Waals surface area (Å²) in [7, 11) is 3.25. The number of guanidine groups is 1. The van der Waals surface area contributed by atoms with Crippen LogP contribution in [0.1, 0.15) is 25.3 Å². The van der Waals surface area contributed by atoms with E-state index < -0.39 is 0 Å². The van der Waals surface area contributed by atoms with Crippen molar-refractivity contribution in [1.29, 1.82) is 0 Å². The largest absolute Gasteiger partial charge is 0.493 e. The van der Waals surface area contributed by atoms with Crippen molar-refractivity contribution in [2.24, 2.45) is 4.99 Å². The molecule has 0 aromatic heterocycles. The Kier molecular flexibility index (Phi) is 10.5. The number of nitrogens with zero attached hydrogens (tertiary/aromatic N) is 1. The highest BCUT2D eigenvalue weighted by Gasteiger charge is 2.06. The Morgan fingerprint density at radius 2 is 1.72 bits per heavy atom. The zero-order valence-corrected chi connectivity index (χ0v) is 17.7. The Bertz CT molecular complexity index is 735. The maximum atomic E-state index is 5.73. The second-order valence-corrected chi connectivity index (χ2v) is 6.51. The molecule has 0 aliphatic rings. The van der Waals surface area contributed by atoms with Crippen LogP contribution in [-0.2, 0) is 11.2 Å². The fourth-order valence-corrected chi connectivity index (χ4v) is 2.80. The van der Waals surface area contributed by atoms with Gasteiger partial charge < -0.3 is 24.8 Å². The minimum atomic E-state index is 0.681. The van der Waals surface area contributed by atoms with E-state index in [-0.39, 0.29) is 0 Å². The number of hydrogen-bond acceptors (Lipinski definition) is 4. The van der Waals surface area contributed by atoms with Crippen molar-refractivity contribution in [3.05, 3.63) is 54.1 Å². The number of nitrogens with one attached hydrogen (secondary N) is 2. The van der Waals surface area contributed by atoms with E-state index in [1.807, 2.05) is 31.2 Å². The summed E-state index contributed by atoms with van der Waals surface area (Å²) in [5, 5.41) is 6.57. The third-order valence-electron chi connectivity index (χ3n) is 4.34. The molecule has 0 bridgehead atoms. The zero-order valence-electron chi connectivity index (χ0n) is 17.7. The molecule has 2 aromatic carbocycles. The predicted molar refractivity (Wildman–Crippen MR) is 119 cm³/mol. The first kappa shape index (κ1) is 22.6. The molecule has 0 amide bonds. The lowest BCUT2D eigenvalue weighted by atomic mass is 10.2. The summed E-state index contributed by atoms with van der Waals surface area (Å²) in [5.41, 5.74) is 2.21. The van der Waals surface area contributed by atoms with E-state index in [0.29, 0.717) is 11.5 Å². The Morgan fingerprint density at radius 3 is 2.45 bits per heavy atom. The molecule has 2 N–H and O–H groups in total. The molecule has 6 nitrogen and oxygen atoms in total.